The number of nitrogens with one attached hydrogen (secondary N) is 2. The molecule has 8 bridgehead atoms. The average Bonchev–Trinajstić information content (AvgIpc) is 3.56. The molecule has 0 amide bonds. The number of nitrogens with zero attached hydrogens (tertiary/aromatic N) is 2. The van der Waals surface area contributed by atoms with Crippen molar-refractivity contribution in [2.24, 2.45) is 0 Å². The number of aromatic carboxylic acids is 2. The predicted octanol–water partition coefficient (Wildman–Crippen LogP) is 2.96. The maximum absolute atomic E-state index is 12.4. The Labute approximate surface area is 218 Å². The Balaban J connectivity index is 0.00000320. The van der Waals surface area contributed by atoms with Gasteiger partial charge >= 0.3 is 23.9 Å². The minimum atomic E-state index is -1.75. The summed E-state index contributed by atoms with van der Waals surface area (Å²) in [6.45, 7) is 0. The van der Waals surface area contributed by atoms with Crippen molar-refractivity contribution >= 4 is 69.2 Å². The molecule has 3 aromatic rings. The topological polar surface area (TPSA) is 207 Å². The SMILES string of the molecule is O=C(O)C1=C(C(=O)O)c2nc1cc1nc(cc3ccc(cc4cc(C(=O)O)c([nH]4)c2C(=O)O)[nH]3)C=C1.[Rh]. The first-order valence-corrected chi connectivity index (χ1v) is 10.2. The van der Waals surface area contributed by atoms with Gasteiger partial charge in [-0.3, -0.25) is 0 Å². The van der Waals surface area contributed by atoms with Gasteiger partial charge in [-0.05, 0) is 48.6 Å². The van der Waals surface area contributed by atoms with E-state index in [1.165, 1.54) is 18.2 Å². The Morgan fingerprint density at radius 1 is 0.649 bits per heavy atom. The van der Waals surface area contributed by atoms with Crippen LogP contribution in [-0.4, -0.2) is 64.2 Å². The Kier molecular flexibility index (Phi) is 6.32. The molecule has 0 fully saturated rings. The van der Waals surface area contributed by atoms with E-state index >= 15 is 0 Å². The molecule has 2 aliphatic heterocycles. The smallest absolute Gasteiger partial charge is 0.340 e. The average molecular weight is 589 g/mol. The number of hydrogen-bond acceptors (Lipinski definition) is 6. The first-order chi connectivity index (χ1) is 17.1. The second-order valence-corrected chi connectivity index (χ2v) is 7.80. The van der Waals surface area contributed by atoms with E-state index in [0.717, 1.165) is 0 Å². The molecule has 0 atom stereocenters. The van der Waals surface area contributed by atoms with Crippen molar-refractivity contribution in [1.82, 2.24) is 19.9 Å². The summed E-state index contributed by atoms with van der Waals surface area (Å²) in [6.07, 6.45) is 3.21. The molecule has 3 aromatic heterocycles. The Morgan fingerprint density at radius 2 is 1.27 bits per heavy atom. The summed E-state index contributed by atoms with van der Waals surface area (Å²) < 4.78 is 0. The van der Waals surface area contributed by atoms with Crippen molar-refractivity contribution in [3.63, 3.8) is 0 Å². The predicted molar refractivity (Wildman–Crippen MR) is 126 cm³/mol. The van der Waals surface area contributed by atoms with Crippen LogP contribution in [0.3, 0.4) is 0 Å². The monoisotopic (exact) mass is 589 g/mol. The van der Waals surface area contributed by atoms with Crippen LogP contribution in [0, 0.1) is 0 Å². The van der Waals surface area contributed by atoms with Gasteiger partial charge in [0.25, 0.3) is 0 Å². The van der Waals surface area contributed by atoms with E-state index in [2.05, 4.69) is 19.9 Å². The molecular formula is C24H14N4O8Rh. The van der Waals surface area contributed by atoms with E-state index in [0.29, 0.717) is 16.7 Å². The Hall–Kier alpha value is -4.90. The molecular weight excluding hydrogens is 575 g/mol. The molecule has 2 aliphatic rings. The first-order valence-electron chi connectivity index (χ1n) is 10.2. The fraction of sp³-hybridized carbons (Fsp3) is 0. The number of carboxylic acid groups (broad SMARTS) is 4. The van der Waals surface area contributed by atoms with Gasteiger partial charge in [-0.1, -0.05) is 0 Å². The zero-order valence-electron chi connectivity index (χ0n) is 18.3. The van der Waals surface area contributed by atoms with Crippen molar-refractivity contribution in [2.45, 2.75) is 0 Å². The minimum Gasteiger partial charge on any atom is -0.478 e. The quantitative estimate of drug-likeness (QED) is 0.192. The number of carboxylic acids is 4. The van der Waals surface area contributed by atoms with Gasteiger partial charge in [-0.25, -0.2) is 29.1 Å². The van der Waals surface area contributed by atoms with Gasteiger partial charge in [0, 0.05) is 36.0 Å². The van der Waals surface area contributed by atoms with Gasteiger partial charge in [-0.2, -0.15) is 0 Å². The van der Waals surface area contributed by atoms with Crippen molar-refractivity contribution < 1.29 is 59.1 Å². The zero-order valence-corrected chi connectivity index (χ0v) is 19.9. The van der Waals surface area contributed by atoms with Gasteiger partial charge in [-0.15, -0.1) is 0 Å². The van der Waals surface area contributed by atoms with Crippen LogP contribution in [0.15, 0.2) is 36.4 Å². The molecule has 1 radical (unpaired) electrons. The van der Waals surface area contributed by atoms with Crippen LogP contribution in [0.2, 0.25) is 0 Å². The van der Waals surface area contributed by atoms with Gasteiger partial charge in [0.1, 0.15) is 16.7 Å². The molecule has 187 valence electrons. The molecule has 0 unspecified atom stereocenters. The largest absolute Gasteiger partial charge is 0.478 e. The van der Waals surface area contributed by atoms with Crippen LogP contribution in [0.4, 0.5) is 0 Å². The molecule has 0 aromatic carbocycles. The molecule has 6 N–H and O–H groups in total. The van der Waals surface area contributed by atoms with Crippen LogP contribution in [0.1, 0.15) is 43.5 Å². The number of carbonyl (C=O) groups is 4. The van der Waals surface area contributed by atoms with Crippen LogP contribution >= 0.6 is 0 Å². The molecule has 37 heavy (non-hydrogen) atoms. The molecule has 0 saturated carbocycles. The summed E-state index contributed by atoms with van der Waals surface area (Å²) in [5, 5.41) is 39.4. The third-order valence-corrected chi connectivity index (χ3v) is 5.49. The van der Waals surface area contributed by atoms with Gasteiger partial charge in [0.15, 0.2) is 0 Å². The number of hydrogen-bond donors (Lipinski definition) is 6. The van der Waals surface area contributed by atoms with Gasteiger partial charge in [0.05, 0.1) is 33.9 Å². The number of fused-ring (bicyclic) bond motifs is 8. The molecule has 13 heteroatoms. The number of rotatable bonds is 4. The van der Waals surface area contributed by atoms with E-state index in [-0.39, 0.29) is 36.4 Å². The second-order valence-electron chi connectivity index (χ2n) is 7.80. The van der Waals surface area contributed by atoms with E-state index in [1.54, 1.807) is 30.4 Å². The standard InChI is InChI=1S/C24H14N4O8.Rh/c29-21(30)14-7-13-6-11-2-1-9(25-11)5-10-3-4-12(26-10)8-15-16(22(31)32)17(23(33)34)20(28-15)18(24(35)36)19(14)27-13;/h1-8,25,27H,(H,29,30)(H,31,32)(H,33,34)(H,35,36);. The van der Waals surface area contributed by atoms with E-state index in [4.69, 9.17) is 0 Å². The summed E-state index contributed by atoms with van der Waals surface area (Å²) in [6, 6.07) is 9.11. The third kappa shape index (κ3) is 4.43. The fourth-order valence-corrected chi connectivity index (χ4v) is 4.05. The van der Waals surface area contributed by atoms with Gasteiger partial charge < -0.3 is 30.4 Å². The number of H-pyrrole nitrogens is 2. The first kappa shape index (κ1) is 25.2. The summed E-state index contributed by atoms with van der Waals surface area (Å²) in [5.74, 6) is -6.60. The summed E-state index contributed by atoms with van der Waals surface area (Å²) in [7, 11) is 0. The number of aliphatic carboxylic acids is 2. The van der Waals surface area contributed by atoms with Crippen molar-refractivity contribution in [2.75, 3.05) is 0 Å². The zero-order chi connectivity index (χ0) is 25.7. The van der Waals surface area contributed by atoms with E-state index in [9.17, 15) is 39.6 Å². The second kappa shape index (κ2) is 9.28. The fourth-order valence-electron chi connectivity index (χ4n) is 4.05. The Bertz CT molecular complexity index is 1760. The minimum absolute atomic E-state index is 0. The normalized spacial score (nSPS) is 12.2. The van der Waals surface area contributed by atoms with E-state index in [1.807, 2.05) is 0 Å². The molecule has 0 saturated heterocycles. The molecule has 0 spiro atoms. The van der Waals surface area contributed by atoms with Gasteiger partial charge in [0.2, 0.25) is 0 Å². The molecule has 12 nitrogen and oxygen atoms in total. The number of aromatic amines is 2. The summed E-state index contributed by atoms with van der Waals surface area (Å²) in [4.78, 5) is 62.8. The Morgan fingerprint density at radius 3 is 1.86 bits per heavy atom. The maximum Gasteiger partial charge on any atom is 0.340 e. The molecule has 5 heterocycles. The van der Waals surface area contributed by atoms with Crippen LogP contribution < -0.4 is 0 Å². The van der Waals surface area contributed by atoms with Crippen LogP contribution in [0.25, 0.3) is 45.4 Å². The van der Waals surface area contributed by atoms with Crippen molar-refractivity contribution in [3.8, 4) is 0 Å². The summed E-state index contributed by atoms with van der Waals surface area (Å²) in [5.41, 5.74) is -2.23. The third-order valence-electron chi connectivity index (χ3n) is 5.49. The number of aromatic nitrogens is 4. The molecule has 5 rings (SSSR count). The maximum atomic E-state index is 12.4. The molecule has 0 aliphatic carbocycles. The van der Waals surface area contributed by atoms with E-state index < -0.39 is 57.4 Å². The van der Waals surface area contributed by atoms with Crippen LogP contribution in [-0.2, 0) is 29.1 Å². The van der Waals surface area contributed by atoms with Crippen molar-refractivity contribution in [3.05, 3.63) is 70.3 Å². The van der Waals surface area contributed by atoms with Crippen LogP contribution in [0.5, 0.6) is 0 Å². The summed E-state index contributed by atoms with van der Waals surface area (Å²) >= 11 is 0. The van der Waals surface area contributed by atoms with Crippen molar-refractivity contribution in [1.29, 1.82) is 0 Å².